The first-order chi connectivity index (χ1) is 13.6. The van der Waals surface area contributed by atoms with Gasteiger partial charge >= 0.3 is 11.9 Å². The first-order valence-electron chi connectivity index (χ1n) is 8.90. The van der Waals surface area contributed by atoms with Crippen LogP contribution < -0.4 is 0 Å². The molecule has 0 unspecified atom stereocenters. The maximum atomic E-state index is 11.7. The molecule has 0 aliphatic carbocycles. The molecule has 2 aromatic carbocycles. The Morgan fingerprint density at radius 2 is 1.29 bits per heavy atom. The summed E-state index contributed by atoms with van der Waals surface area (Å²) in [6.45, 7) is 0.665. The smallest absolute Gasteiger partial charge is 0.332 e. The van der Waals surface area contributed by atoms with Crippen molar-refractivity contribution in [2.24, 2.45) is 0 Å². The van der Waals surface area contributed by atoms with Gasteiger partial charge in [-0.3, -0.25) is 0 Å². The molecule has 0 spiro atoms. The van der Waals surface area contributed by atoms with Gasteiger partial charge in [-0.1, -0.05) is 54.6 Å². The Morgan fingerprint density at radius 3 is 1.93 bits per heavy atom. The average molecular weight is 388 g/mol. The van der Waals surface area contributed by atoms with Gasteiger partial charge in [-0.2, -0.15) is 0 Å². The molecule has 0 amide bonds. The molecule has 0 bridgehead atoms. The fourth-order valence-corrected chi connectivity index (χ4v) is 2.28. The van der Waals surface area contributed by atoms with Crippen LogP contribution in [0.1, 0.15) is 5.56 Å². The number of esters is 1. The van der Waals surface area contributed by atoms with Crippen molar-refractivity contribution in [1.29, 1.82) is 0 Å². The summed E-state index contributed by atoms with van der Waals surface area (Å²) in [6.07, 6.45) is 0. The zero-order chi connectivity index (χ0) is 20.0. The Bertz CT molecular complexity index is 713. The second-order valence-electron chi connectivity index (χ2n) is 5.83. The molecule has 2 aromatic rings. The van der Waals surface area contributed by atoms with Crippen LogP contribution in [0.3, 0.4) is 0 Å². The van der Waals surface area contributed by atoms with Crippen LogP contribution in [0.2, 0.25) is 0 Å². The van der Waals surface area contributed by atoms with Gasteiger partial charge in [0.05, 0.1) is 26.4 Å². The number of carbonyl (C=O) groups excluding carboxylic acids is 1. The lowest BCUT2D eigenvalue weighted by Crippen LogP contribution is -2.16. The highest BCUT2D eigenvalue weighted by atomic mass is 16.6. The van der Waals surface area contributed by atoms with Crippen molar-refractivity contribution in [2.75, 3.05) is 39.6 Å². The van der Waals surface area contributed by atoms with Crippen molar-refractivity contribution in [2.45, 2.75) is 6.61 Å². The van der Waals surface area contributed by atoms with E-state index in [1.54, 1.807) is 0 Å². The maximum Gasteiger partial charge on any atom is 0.332 e. The minimum Gasteiger partial charge on any atom is -0.480 e. The Labute approximate surface area is 163 Å². The Kier molecular flexibility index (Phi) is 9.71. The molecular formula is C21H24O7. The number of hydrogen-bond acceptors (Lipinski definition) is 6. The molecule has 0 aliphatic rings. The highest BCUT2D eigenvalue weighted by molar-refractivity contribution is 5.70. The molecule has 0 heterocycles. The zero-order valence-corrected chi connectivity index (χ0v) is 15.5. The summed E-state index contributed by atoms with van der Waals surface area (Å²) in [5, 5.41) is 8.38. The van der Waals surface area contributed by atoms with E-state index in [1.165, 1.54) is 0 Å². The zero-order valence-electron chi connectivity index (χ0n) is 15.5. The number of carbonyl (C=O) groups is 2. The van der Waals surface area contributed by atoms with Gasteiger partial charge < -0.3 is 24.1 Å². The molecule has 1 N–H and O–H groups in total. The topological polar surface area (TPSA) is 91.3 Å². The van der Waals surface area contributed by atoms with E-state index in [2.05, 4.69) is 0 Å². The predicted molar refractivity (Wildman–Crippen MR) is 102 cm³/mol. The lowest BCUT2D eigenvalue weighted by Gasteiger charge is -2.08. The summed E-state index contributed by atoms with van der Waals surface area (Å²) < 4.78 is 20.3. The molecule has 28 heavy (non-hydrogen) atoms. The number of aliphatic carboxylic acids is 1. The van der Waals surface area contributed by atoms with E-state index >= 15 is 0 Å². The third kappa shape index (κ3) is 8.77. The van der Waals surface area contributed by atoms with Crippen LogP contribution in [0.4, 0.5) is 0 Å². The van der Waals surface area contributed by atoms with Crippen LogP contribution in [0.25, 0.3) is 11.1 Å². The molecule has 2 rings (SSSR count). The lowest BCUT2D eigenvalue weighted by molar-refractivity contribution is -0.150. The van der Waals surface area contributed by atoms with Gasteiger partial charge in [0.15, 0.2) is 0 Å². The van der Waals surface area contributed by atoms with E-state index in [1.807, 2.05) is 54.6 Å². The molecule has 0 saturated heterocycles. The van der Waals surface area contributed by atoms with Crippen LogP contribution in [0, 0.1) is 0 Å². The van der Waals surface area contributed by atoms with E-state index in [0.717, 1.165) is 16.7 Å². The Morgan fingerprint density at radius 1 is 0.714 bits per heavy atom. The van der Waals surface area contributed by atoms with Gasteiger partial charge in [0.1, 0.15) is 19.8 Å². The molecule has 0 saturated carbocycles. The molecule has 0 fully saturated rings. The van der Waals surface area contributed by atoms with Crippen molar-refractivity contribution < 1.29 is 33.6 Å². The molecule has 150 valence electrons. The highest BCUT2D eigenvalue weighted by Gasteiger charge is 2.04. The fraction of sp³-hybridized carbons (Fsp3) is 0.333. The van der Waals surface area contributed by atoms with Crippen LogP contribution in [-0.2, 0) is 35.1 Å². The molecule has 0 aromatic heterocycles. The third-order valence-electron chi connectivity index (χ3n) is 3.65. The average Bonchev–Trinajstić information content (AvgIpc) is 2.72. The molecule has 7 nitrogen and oxygen atoms in total. The number of rotatable bonds is 13. The summed E-state index contributed by atoms with van der Waals surface area (Å²) in [4.78, 5) is 21.9. The fourth-order valence-electron chi connectivity index (χ4n) is 2.28. The first-order valence-corrected chi connectivity index (χ1v) is 8.90. The van der Waals surface area contributed by atoms with Crippen molar-refractivity contribution in [3.05, 3.63) is 60.2 Å². The van der Waals surface area contributed by atoms with E-state index in [4.69, 9.17) is 24.1 Å². The van der Waals surface area contributed by atoms with Gasteiger partial charge in [0.25, 0.3) is 0 Å². The van der Waals surface area contributed by atoms with Crippen molar-refractivity contribution >= 4 is 11.9 Å². The molecular weight excluding hydrogens is 364 g/mol. The second-order valence-corrected chi connectivity index (χ2v) is 5.83. The predicted octanol–water partition coefficient (Wildman–Crippen LogP) is 2.53. The number of benzene rings is 2. The van der Waals surface area contributed by atoms with Gasteiger partial charge in [0.2, 0.25) is 0 Å². The van der Waals surface area contributed by atoms with Gasteiger partial charge in [-0.25, -0.2) is 9.59 Å². The summed E-state index contributed by atoms with van der Waals surface area (Å²) >= 11 is 0. The lowest BCUT2D eigenvalue weighted by atomic mass is 10.0. The van der Waals surface area contributed by atoms with Crippen LogP contribution in [0.5, 0.6) is 0 Å². The van der Waals surface area contributed by atoms with Crippen molar-refractivity contribution in [3.8, 4) is 11.1 Å². The van der Waals surface area contributed by atoms with E-state index in [0.29, 0.717) is 0 Å². The van der Waals surface area contributed by atoms with Crippen LogP contribution >= 0.6 is 0 Å². The van der Waals surface area contributed by atoms with Crippen molar-refractivity contribution in [1.82, 2.24) is 0 Å². The Balaban J connectivity index is 1.53. The van der Waals surface area contributed by atoms with Crippen LogP contribution in [-0.4, -0.2) is 56.7 Å². The molecule has 7 heteroatoms. The molecule has 0 atom stereocenters. The number of carboxylic acid groups (broad SMARTS) is 1. The van der Waals surface area contributed by atoms with Gasteiger partial charge in [0, 0.05) is 0 Å². The summed E-state index contributed by atoms with van der Waals surface area (Å²) in [7, 11) is 0. The monoisotopic (exact) mass is 388 g/mol. The van der Waals surface area contributed by atoms with Gasteiger partial charge in [-0.05, 0) is 16.7 Å². The number of carboxylic acids is 1. The highest BCUT2D eigenvalue weighted by Crippen LogP contribution is 2.19. The second kappa shape index (κ2) is 12.6. The third-order valence-corrected chi connectivity index (χ3v) is 3.65. The Hall–Kier alpha value is -2.74. The number of hydrogen-bond donors (Lipinski definition) is 1. The molecule has 0 radical (unpaired) electrons. The summed E-state index contributed by atoms with van der Waals surface area (Å²) in [6, 6.07) is 17.9. The summed E-state index contributed by atoms with van der Waals surface area (Å²) in [5.41, 5.74) is 3.14. The van der Waals surface area contributed by atoms with Crippen molar-refractivity contribution in [3.63, 3.8) is 0 Å². The van der Waals surface area contributed by atoms with E-state index in [-0.39, 0.29) is 46.2 Å². The van der Waals surface area contributed by atoms with Crippen LogP contribution in [0.15, 0.2) is 54.6 Å². The minimum atomic E-state index is -1.02. The largest absolute Gasteiger partial charge is 0.480 e. The normalized spacial score (nSPS) is 10.6. The standard InChI is InChI=1S/C21H24O7/c22-20(23)15-26-12-10-25-11-13-27-16-21(24)28-14-17-6-8-19(9-7-17)18-4-2-1-3-5-18/h1-9H,10-16H2,(H,22,23). The maximum absolute atomic E-state index is 11.7. The quantitative estimate of drug-likeness (QED) is 0.416. The minimum absolute atomic E-state index is 0.152. The first kappa shape index (κ1) is 21.6. The SMILES string of the molecule is O=C(O)COCCOCCOCC(=O)OCc1ccc(-c2ccccc2)cc1. The van der Waals surface area contributed by atoms with Gasteiger partial charge in [-0.15, -0.1) is 0 Å². The summed E-state index contributed by atoms with van der Waals surface area (Å²) in [5.74, 6) is -1.47. The van der Waals surface area contributed by atoms with E-state index < -0.39 is 11.9 Å². The number of ether oxygens (including phenoxy) is 4. The van der Waals surface area contributed by atoms with E-state index in [9.17, 15) is 9.59 Å². The molecule has 0 aliphatic heterocycles.